The molecule has 5 nitrogen and oxygen atoms in total. The number of furan rings is 1. The molecule has 0 aliphatic rings. The number of carboxylic acid groups (broad SMARTS) is 1. The molecule has 1 aromatic heterocycles. The number of amides is 1. The highest BCUT2D eigenvalue weighted by molar-refractivity contribution is 6.35. The van der Waals surface area contributed by atoms with Gasteiger partial charge >= 0.3 is 5.97 Å². The van der Waals surface area contributed by atoms with Crippen molar-refractivity contribution in [1.82, 2.24) is 0 Å². The molecule has 0 aliphatic heterocycles. The monoisotopic (exact) mass is 299 g/mol. The summed E-state index contributed by atoms with van der Waals surface area (Å²) in [4.78, 5) is 22.6. The number of aromatic carboxylic acids is 1. The number of carbonyl (C=O) groups is 2. The average molecular weight is 300 g/mol. The topological polar surface area (TPSA) is 79.5 Å². The van der Waals surface area contributed by atoms with Gasteiger partial charge in [-0.05, 0) is 35.9 Å². The van der Waals surface area contributed by atoms with Crippen molar-refractivity contribution >= 4 is 40.8 Å². The summed E-state index contributed by atoms with van der Waals surface area (Å²) in [7, 11) is 0. The van der Waals surface area contributed by atoms with Crippen LogP contribution in [0.4, 0.5) is 5.69 Å². The summed E-state index contributed by atoms with van der Waals surface area (Å²) >= 11 is 11.6. The third-order valence-corrected chi connectivity index (χ3v) is 2.93. The minimum Gasteiger partial charge on any atom is -0.478 e. The number of hydrogen-bond donors (Lipinski definition) is 2. The van der Waals surface area contributed by atoms with Crippen LogP contribution in [0.2, 0.25) is 10.2 Å². The Morgan fingerprint density at radius 2 is 1.95 bits per heavy atom. The van der Waals surface area contributed by atoms with Gasteiger partial charge in [-0.25, -0.2) is 4.79 Å². The number of benzene rings is 1. The molecule has 0 atom stereocenters. The first-order chi connectivity index (χ1) is 8.99. The van der Waals surface area contributed by atoms with E-state index in [0.29, 0.717) is 0 Å². The molecule has 0 spiro atoms. The van der Waals surface area contributed by atoms with Crippen LogP contribution >= 0.6 is 23.2 Å². The SMILES string of the molecule is O=C(O)c1ccc(NC(=O)c2ccoc2Cl)c(Cl)c1. The van der Waals surface area contributed by atoms with Gasteiger partial charge in [0.25, 0.3) is 5.91 Å². The quantitative estimate of drug-likeness (QED) is 0.908. The smallest absolute Gasteiger partial charge is 0.335 e. The van der Waals surface area contributed by atoms with E-state index in [4.69, 9.17) is 32.7 Å². The molecule has 0 unspecified atom stereocenters. The van der Waals surface area contributed by atoms with Gasteiger partial charge in [-0.15, -0.1) is 0 Å². The Morgan fingerprint density at radius 1 is 1.21 bits per heavy atom. The number of carbonyl (C=O) groups excluding carboxylic acids is 1. The van der Waals surface area contributed by atoms with Gasteiger partial charge in [0.05, 0.1) is 28.1 Å². The molecule has 0 saturated heterocycles. The minimum atomic E-state index is -1.10. The maximum atomic E-state index is 11.8. The van der Waals surface area contributed by atoms with E-state index in [-0.39, 0.29) is 27.1 Å². The van der Waals surface area contributed by atoms with Crippen LogP contribution in [-0.2, 0) is 0 Å². The minimum absolute atomic E-state index is 0.0317. The second-order valence-corrected chi connectivity index (χ2v) is 4.31. The number of halogens is 2. The highest BCUT2D eigenvalue weighted by Gasteiger charge is 2.15. The van der Waals surface area contributed by atoms with E-state index in [1.807, 2.05) is 0 Å². The molecular weight excluding hydrogens is 293 g/mol. The second kappa shape index (κ2) is 5.34. The van der Waals surface area contributed by atoms with Crippen LogP contribution in [0.3, 0.4) is 0 Å². The van der Waals surface area contributed by atoms with Gasteiger partial charge in [0.15, 0.2) is 0 Å². The molecule has 0 aliphatic carbocycles. The molecule has 0 fully saturated rings. The molecule has 2 aromatic rings. The van der Waals surface area contributed by atoms with Gasteiger partial charge in [-0.1, -0.05) is 11.6 Å². The molecule has 2 rings (SSSR count). The van der Waals surface area contributed by atoms with Gasteiger partial charge in [-0.3, -0.25) is 4.79 Å². The molecular formula is C12H7Cl2NO4. The van der Waals surface area contributed by atoms with Crippen molar-refractivity contribution < 1.29 is 19.1 Å². The standard InChI is InChI=1S/C12H7Cl2NO4/c13-8-5-6(12(17)18)1-2-9(8)15-11(16)7-3-4-19-10(7)14/h1-5H,(H,15,16)(H,17,18). The van der Waals surface area contributed by atoms with Gasteiger partial charge in [0.2, 0.25) is 5.22 Å². The number of rotatable bonds is 3. The fourth-order valence-corrected chi connectivity index (χ4v) is 1.82. The van der Waals surface area contributed by atoms with Crippen LogP contribution in [0.25, 0.3) is 0 Å². The molecule has 7 heteroatoms. The van der Waals surface area contributed by atoms with Crippen molar-refractivity contribution in [1.29, 1.82) is 0 Å². The largest absolute Gasteiger partial charge is 0.478 e. The molecule has 0 radical (unpaired) electrons. The summed E-state index contributed by atoms with van der Waals surface area (Å²) in [6.45, 7) is 0. The first kappa shape index (κ1) is 13.5. The third-order valence-electron chi connectivity index (χ3n) is 2.33. The Kier molecular flexibility index (Phi) is 3.78. The zero-order chi connectivity index (χ0) is 14.0. The maximum absolute atomic E-state index is 11.8. The molecule has 2 N–H and O–H groups in total. The van der Waals surface area contributed by atoms with E-state index in [2.05, 4.69) is 5.32 Å². The van der Waals surface area contributed by atoms with E-state index in [1.165, 1.54) is 30.5 Å². The Labute approximate surface area is 117 Å². The Balaban J connectivity index is 2.23. The summed E-state index contributed by atoms with van der Waals surface area (Å²) in [5.41, 5.74) is 0.485. The predicted octanol–water partition coefficient (Wildman–Crippen LogP) is 3.54. The average Bonchev–Trinajstić information content (AvgIpc) is 2.77. The van der Waals surface area contributed by atoms with Crippen molar-refractivity contribution in [2.75, 3.05) is 5.32 Å². The fourth-order valence-electron chi connectivity index (χ4n) is 1.39. The summed E-state index contributed by atoms with van der Waals surface area (Å²) in [6, 6.07) is 5.39. The van der Waals surface area contributed by atoms with E-state index in [0.717, 1.165) is 0 Å². The molecule has 0 saturated carbocycles. The second-order valence-electron chi connectivity index (χ2n) is 3.56. The van der Waals surface area contributed by atoms with Gasteiger partial charge in [0, 0.05) is 0 Å². The first-order valence-electron chi connectivity index (χ1n) is 5.06. The van der Waals surface area contributed by atoms with Crippen LogP contribution in [0.5, 0.6) is 0 Å². The lowest BCUT2D eigenvalue weighted by Crippen LogP contribution is -2.12. The van der Waals surface area contributed by atoms with Crippen molar-refractivity contribution in [3.05, 3.63) is 51.9 Å². The Bertz CT molecular complexity index is 651. The number of carboxylic acids is 1. The molecule has 98 valence electrons. The number of anilines is 1. The lowest BCUT2D eigenvalue weighted by molar-refractivity contribution is 0.0696. The normalized spacial score (nSPS) is 10.2. The van der Waals surface area contributed by atoms with Crippen LogP contribution in [0.15, 0.2) is 34.9 Å². The van der Waals surface area contributed by atoms with Crippen LogP contribution in [0, 0.1) is 0 Å². The third kappa shape index (κ3) is 2.89. The molecule has 1 aromatic carbocycles. The Hall–Kier alpha value is -1.98. The highest BCUT2D eigenvalue weighted by Crippen LogP contribution is 2.25. The predicted molar refractivity (Wildman–Crippen MR) is 70.1 cm³/mol. The van der Waals surface area contributed by atoms with Crippen LogP contribution in [0.1, 0.15) is 20.7 Å². The van der Waals surface area contributed by atoms with Crippen molar-refractivity contribution in [3.63, 3.8) is 0 Å². The van der Waals surface area contributed by atoms with Crippen LogP contribution in [-0.4, -0.2) is 17.0 Å². The summed E-state index contributed by atoms with van der Waals surface area (Å²) < 4.78 is 4.80. The van der Waals surface area contributed by atoms with Crippen LogP contribution < -0.4 is 5.32 Å². The summed E-state index contributed by atoms with van der Waals surface area (Å²) in [5.74, 6) is -1.60. The lowest BCUT2D eigenvalue weighted by Gasteiger charge is -2.07. The molecule has 0 bridgehead atoms. The van der Waals surface area contributed by atoms with E-state index in [9.17, 15) is 9.59 Å². The van der Waals surface area contributed by atoms with Gasteiger partial charge in [0.1, 0.15) is 0 Å². The number of nitrogens with one attached hydrogen (secondary N) is 1. The van der Waals surface area contributed by atoms with Gasteiger partial charge < -0.3 is 14.8 Å². The zero-order valence-corrected chi connectivity index (χ0v) is 10.8. The van der Waals surface area contributed by atoms with E-state index < -0.39 is 11.9 Å². The van der Waals surface area contributed by atoms with Gasteiger partial charge in [-0.2, -0.15) is 0 Å². The van der Waals surface area contributed by atoms with Crippen molar-refractivity contribution in [3.8, 4) is 0 Å². The molecule has 19 heavy (non-hydrogen) atoms. The first-order valence-corrected chi connectivity index (χ1v) is 5.82. The Morgan fingerprint density at radius 3 is 2.47 bits per heavy atom. The summed E-state index contributed by atoms with van der Waals surface area (Å²) in [5, 5.41) is 11.4. The summed E-state index contributed by atoms with van der Waals surface area (Å²) in [6.07, 6.45) is 1.28. The van der Waals surface area contributed by atoms with Crippen molar-refractivity contribution in [2.45, 2.75) is 0 Å². The van der Waals surface area contributed by atoms with E-state index >= 15 is 0 Å². The molecule has 1 heterocycles. The molecule has 1 amide bonds. The maximum Gasteiger partial charge on any atom is 0.335 e. The lowest BCUT2D eigenvalue weighted by atomic mass is 10.2. The number of hydrogen-bond acceptors (Lipinski definition) is 3. The zero-order valence-electron chi connectivity index (χ0n) is 9.31. The fraction of sp³-hybridized carbons (Fsp3) is 0. The highest BCUT2D eigenvalue weighted by atomic mass is 35.5. The van der Waals surface area contributed by atoms with E-state index in [1.54, 1.807) is 0 Å². The van der Waals surface area contributed by atoms with Crippen molar-refractivity contribution in [2.24, 2.45) is 0 Å².